The summed E-state index contributed by atoms with van der Waals surface area (Å²) in [6, 6.07) is 19.6. The van der Waals surface area contributed by atoms with Crippen LogP contribution in [0.1, 0.15) is 23.4 Å². The Morgan fingerprint density at radius 3 is 2.52 bits per heavy atom. The molecule has 4 rings (SSSR count). The molecule has 1 aromatic heterocycles. The predicted octanol–water partition coefficient (Wildman–Crippen LogP) is 6.39. The number of amides is 1. The molecule has 2 aromatic carbocycles. The monoisotopic (exact) mass is 479 g/mol. The molecular formula is C26H26ClN3O2S. The Balaban J connectivity index is 1.68. The molecule has 33 heavy (non-hydrogen) atoms. The minimum Gasteiger partial charge on any atom is -0.385 e. The third-order valence-corrected chi connectivity index (χ3v) is 6.70. The molecule has 0 N–H and O–H groups in total. The summed E-state index contributed by atoms with van der Waals surface area (Å²) in [5, 5.41) is 1.40. The summed E-state index contributed by atoms with van der Waals surface area (Å²) in [7, 11) is 1.67. The molecule has 1 aliphatic rings. The first-order chi connectivity index (χ1) is 16.0. The van der Waals surface area contributed by atoms with Crippen LogP contribution in [0.4, 0.5) is 5.69 Å². The number of rotatable bonds is 7. The van der Waals surface area contributed by atoms with E-state index in [-0.39, 0.29) is 5.91 Å². The zero-order valence-corrected chi connectivity index (χ0v) is 20.5. The largest absolute Gasteiger partial charge is 0.385 e. The Labute approximate surface area is 203 Å². The zero-order chi connectivity index (χ0) is 23.4. The summed E-state index contributed by atoms with van der Waals surface area (Å²) in [4.78, 5) is 20.5. The van der Waals surface area contributed by atoms with E-state index in [1.807, 2.05) is 60.7 Å². The molecule has 0 radical (unpaired) electrons. The van der Waals surface area contributed by atoms with Crippen LogP contribution in [-0.4, -0.2) is 40.8 Å². The van der Waals surface area contributed by atoms with Gasteiger partial charge in [0.2, 0.25) is 0 Å². The van der Waals surface area contributed by atoms with Gasteiger partial charge in [0.15, 0.2) is 5.17 Å². The fourth-order valence-corrected chi connectivity index (χ4v) is 4.97. The lowest BCUT2D eigenvalue weighted by molar-refractivity contribution is -0.122. The first-order valence-corrected chi connectivity index (χ1v) is 12.0. The highest BCUT2D eigenvalue weighted by atomic mass is 35.5. The van der Waals surface area contributed by atoms with E-state index in [0.717, 1.165) is 34.7 Å². The molecule has 1 amide bonds. The first-order valence-electron chi connectivity index (χ1n) is 10.8. The molecule has 2 heterocycles. The lowest BCUT2D eigenvalue weighted by atomic mass is 10.2. The van der Waals surface area contributed by atoms with Gasteiger partial charge in [0.05, 0.1) is 10.6 Å². The molecule has 0 aliphatic carbocycles. The van der Waals surface area contributed by atoms with Crippen molar-refractivity contribution in [1.29, 1.82) is 0 Å². The van der Waals surface area contributed by atoms with Crippen molar-refractivity contribution in [2.75, 3.05) is 20.3 Å². The maximum atomic E-state index is 13.3. The van der Waals surface area contributed by atoms with Crippen molar-refractivity contribution in [2.45, 2.75) is 20.3 Å². The van der Waals surface area contributed by atoms with Gasteiger partial charge in [-0.2, -0.15) is 0 Å². The molecule has 0 saturated carbocycles. The van der Waals surface area contributed by atoms with E-state index < -0.39 is 0 Å². The van der Waals surface area contributed by atoms with Gasteiger partial charge in [-0.3, -0.25) is 9.69 Å². The molecule has 1 saturated heterocycles. The minimum atomic E-state index is -0.0259. The zero-order valence-electron chi connectivity index (χ0n) is 18.9. The summed E-state index contributed by atoms with van der Waals surface area (Å²) in [5.41, 5.74) is 5.03. The lowest BCUT2D eigenvalue weighted by Crippen LogP contribution is -2.30. The molecule has 170 valence electrons. The summed E-state index contributed by atoms with van der Waals surface area (Å²) in [5.74, 6) is -0.0259. The molecule has 3 aromatic rings. The van der Waals surface area contributed by atoms with Crippen LogP contribution in [-0.2, 0) is 9.53 Å². The molecule has 0 atom stereocenters. The number of methoxy groups -OCH3 is 1. The van der Waals surface area contributed by atoms with Crippen LogP contribution in [0.5, 0.6) is 0 Å². The predicted molar refractivity (Wildman–Crippen MR) is 138 cm³/mol. The van der Waals surface area contributed by atoms with Crippen molar-refractivity contribution in [3.05, 3.63) is 87.5 Å². The Morgan fingerprint density at radius 2 is 1.82 bits per heavy atom. The maximum Gasteiger partial charge on any atom is 0.266 e. The number of thioether (sulfide) groups is 1. The number of amidine groups is 1. The van der Waals surface area contributed by atoms with Crippen molar-refractivity contribution in [2.24, 2.45) is 4.99 Å². The van der Waals surface area contributed by atoms with Crippen LogP contribution >= 0.6 is 23.4 Å². The van der Waals surface area contributed by atoms with Crippen molar-refractivity contribution in [3.8, 4) is 5.69 Å². The molecule has 0 bridgehead atoms. The van der Waals surface area contributed by atoms with Gasteiger partial charge >= 0.3 is 0 Å². The topological polar surface area (TPSA) is 46.8 Å². The number of nitrogens with zero attached hydrogens (tertiary/aromatic N) is 3. The highest BCUT2D eigenvalue weighted by Crippen LogP contribution is 2.35. The van der Waals surface area contributed by atoms with Gasteiger partial charge in [-0.1, -0.05) is 29.8 Å². The number of hydrogen-bond donors (Lipinski definition) is 0. The van der Waals surface area contributed by atoms with E-state index >= 15 is 0 Å². The Bertz CT molecular complexity index is 1200. The standard InChI is InChI=1S/C26H26ClN3O2S/c1-18-16-20(19(2)30(18)23-12-10-21(27)11-13-23)17-24-25(31)29(14-7-15-32-3)26(33-24)28-22-8-5-4-6-9-22/h4-6,8-13,16-17H,7,14-15H2,1-3H3/b24-17+,28-26?. The van der Waals surface area contributed by atoms with Crippen LogP contribution in [0, 0.1) is 13.8 Å². The quantitative estimate of drug-likeness (QED) is 0.291. The van der Waals surface area contributed by atoms with E-state index in [9.17, 15) is 4.79 Å². The van der Waals surface area contributed by atoms with Crippen molar-refractivity contribution < 1.29 is 9.53 Å². The minimum absolute atomic E-state index is 0.0259. The molecule has 0 unspecified atom stereocenters. The van der Waals surface area contributed by atoms with Crippen LogP contribution in [0.15, 0.2) is 70.6 Å². The fraction of sp³-hybridized carbons (Fsp3) is 0.231. The van der Waals surface area contributed by atoms with Crippen LogP contribution in [0.2, 0.25) is 5.02 Å². The normalized spacial score (nSPS) is 16.4. The molecule has 1 fully saturated rings. The van der Waals surface area contributed by atoms with Crippen molar-refractivity contribution >= 4 is 46.2 Å². The number of hydrogen-bond acceptors (Lipinski definition) is 4. The number of halogens is 1. The number of ether oxygens (including phenoxy) is 1. The molecule has 1 aliphatic heterocycles. The van der Waals surface area contributed by atoms with E-state index in [1.54, 1.807) is 12.0 Å². The molecular weight excluding hydrogens is 454 g/mol. The van der Waals surface area contributed by atoms with Gasteiger partial charge in [-0.15, -0.1) is 0 Å². The summed E-state index contributed by atoms with van der Waals surface area (Å²) in [6.45, 7) is 5.28. The highest BCUT2D eigenvalue weighted by molar-refractivity contribution is 8.18. The summed E-state index contributed by atoms with van der Waals surface area (Å²) < 4.78 is 7.35. The van der Waals surface area contributed by atoms with Crippen LogP contribution < -0.4 is 0 Å². The second kappa shape index (κ2) is 10.4. The Morgan fingerprint density at radius 1 is 1.09 bits per heavy atom. The smallest absolute Gasteiger partial charge is 0.266 e. The van der Waals surface area contributed by atoms with E-state index in [4.69, 9.17) is 21.3 Å². The number of para-hydroxylation sites is 1. The fourth-order valence-electron chi connectivity index (χ4n) is 3.83. The van der Waals surface area contributed by atoms with Gasteiger partial charge in [-0.25, -0.2) is 4.99 Å². The maximum absolute atomic E-state index is 13.3. The van der Waals surface area contributed by atoms with Gasteiger partial charge in [0, 0.05) is 42.4 Å². The van der Waals surface area contributed by atoms with Crippen molar-refractivity contribution in [3.63, 3.8) is 0 Å². The van der Waals surface area contributed by atoms with Crippen LogP contribution in [0.3, 0.4) is 0 Å². The number of benzene rings is 2. The molecule has 7 heteroatoms. The number of carbonyl (C=O) groups excluding carboxylic acids is 1. The van der Waals surface area contributed by atoms with E-state index in [1.165, 1.54) is 11.8 Å². The first kappa shape index (κ1) is 23.4. The SMILES string of the molecule is COCCCN1C(=O)/C(=C\c2cc(C)n(-c3ccc(Cl)cc3)c2C)SC1=Nc1ccccc1. The Hall–Kier alpha value is -2.80. The lowest BCUT2D eigenvalue weighted by Gasteiger charge is -2.15. The number of aromatic nitrogens is 1. The van der Waals surface area contributed by atoms with Crippen molar-refractivity contribution in [1.82, 2.24) is 9.47 Å². The summed E-state index contributed by atoms with van der Waals surface area (Å²) in [6.07, 6.45) is 2.72. The van der Waals surface area contributed by atoms with Gasteiger partial charge in [0.25, 0.3) is 5.91 Å². The number of aliphatic imine (C=N–C) groups is 1. The van der Waals surface area contributed by atoms with E-state index in [2.05, 4.69) is 24.5 Å². The second-order valence-corrected chi connectivity index (χ2v) is 9.23. The van der Waals surface area contributed by atoms with E-state index in [0.29, 0.717) is 28.2 Å². The van der Waals surface area contributed by atoms with Crippen LogP contribution in [0.25, 0.3) is 11.8 Å². The second-order valence-electron chi connectivity index (χ2n) is 7.78. The molecule has 5 nitrogen and oxygen atoms in total. The number of aryl methyl sites for hydroxylation is 1. The van der Waals surface area contributed by atoms with Gasteiger partial charge in [-0.05, 0) is 86.1 Å². The highest BCUT2D eigenvalue weighted by Gasteiger charge is 2.33. The Kier molecular flexibility index (Phi) is 7.38. The third-order valence-electron chi connectivity index (χ3n) is 5.44. The third kappa shape index (κ3) is 5.24. The van der Waals surface area contributed by atoms with Gasteiger partial charge in [0.1, 0.15) is 0 Å². The molecule has 0 spiro atoms. The number of carbonyl (C=O) groups is 1. The summed E-state index contributed by atoms with van der Waals surface area (Å²) >= 11 is 7.48. The average molecular weight is 480 g/mol. The average Bonchev–Trinajstić information content (AvgIpc) is 3.25. The van der Waals surface area contributed by atoms with Gasteiger partial charge < -0.3 is 9.30 Å².